The lowest BCUT2D eigenvalue weighted by molar-refractivity contribution is 0.0698. The van der Waals surface area contributed by atoms with Gasteiger partial charge in [0, 0.05) is 36.3 Å². The summed E-state index contributed by atoms with van der Waals surface area (Å²) < 4.78 is 21.9. The molecule has 32 heavy (non-hydrogen) atoms. The standard InChI is InChI=1S/C23H23FN4O3S/c1-4-31-18-11-19(32-22(18)23(29)30)17-10-20(27-12-26-17)25-7-8-28-14(3)9-15-13(2)5-6-16(24)21(15)28/h5-6,9-12H,4,7-8H2,1-3H3,(H,29,30)(H,25,26,27). The maximum atomic E-state index is 14.5. The van der Waals surface area contributed by atoms with Crippen LogP contribution in [0.1, 0.15) is 27.9 Å². The number of aromatic nitrogens is 3. The molecule has 7 nitrogen and oxygen atoms in total. The van der Waals surface area contributed by atoms with E-state index in [9.17, 15) is 14.3 Å². The van der Waals surface area contributed by atoms with E-state index < -0.39 is 5.97 Å². The maximum Gasteiger partial charge on any atom is 0.349 e. The van der Waals surface area contributed by atoms with Gasteiger partial charge in [-0.15, -0.1) is 11.3 Å². The lowest BCUT2D eigenvalue weighted by atomic mass is 10.1. The SMILES string of the molecule is CCOc1cc(-c2cc(NCCn3c(C)cc4c(C)ccc(F)c43)ncn2)sc1C(=O)O. The highest BCUT2D eigenvalue weighted by molar-refractivity contribution is 7.17. The highest BCUT2D eigenvalue weighted by Crippen LogP contribution is 2.36. The molecule has 0 aliphatic rings. The van der Waals surface area contributed by atoms with Crippen molar-refractivity contribution < 1.29 is 19.0 Å². The molecule has 0 amide bonds. The van der Waals surface area contributed by atoms with E-state index in [-0.39, 0.29) is 10.7 Å². The van der Waals surface area contributed by atoms with Crippen molar-refractivity contribution in [3.05, 3.63) is 58.6 Å². The quantitative estimate of drug-likeness (QED) is 0.384. The lowest BCUT2D eigenvalue weighted by Gasteiger charge is -2.11. The average molecular weight is 455 g/mol. The van der Waals surface area contributed by atoms with Gasteiger partial charge < -0.3 is 19.7 Å². The van der Waals surface area contributed by atoms with E-state index in [0.717, 1.165) is 28.0 Å². The van der Waals surface area contributed by atoms with Crippen LogP contribution in [0.15, 0.2) is 36.7 Å². The fourth-order valence-corrected chi connectivity index (χ4v) is 4.59. The van der Waals surface area contributed by atoms with Gasteiger partial charge in [-0.25, -0.2) is 19.2 Å². The molecule has 4 rings (SSSR count). The second kappa shape index (κ2) is 8.96. The summed E-state index contributed by atoms with van der Waals surface area (Å²) in [5.41, 5.74) is 3.24. The average Bonchev–Trinajstić information content (AvgIpc) is 3.34. The molecule has 4 aromatic rings. The summed E-state index contributed by atoms with van der Waals surface area (Å²) in [5, 5.41) is 13.6. The number of halogens is 1. The minimum Gasteiger partial charge on any atom is -0.492 e. The Bertz CT molecular complexity index is 1300. The Kier molecular flexibility index (Phi) is 6.09. The van der Waals surface area contributed by atoms with Gasteiger partial charge in [-0.2, -0.15) is 0 Å². The summed E-state index contributed by atoms with van der Waals surface area (Å²) in [4.78, 5) is 20.8. The van der Waals surface area contributed by atoms with Crippen molar-refractivity contribution in [2.24, 2.45) is 0 Å². The van der Waals surface area contributed by atoms with E-state index in [2.05, 4.69) is 15.3 Å². The van der Waals surface area contributed by atoms with Gasteiger partial charge in [0.25, 0.3) is 0 Å². The number of anilines is 1. The summed E-state index contributed by atoms with van der Waals surface area (Å²) in [6.45, 7) is 7.21. The number of aromatic carboxylic acids is 1. The minimum atomic E-state index is -1.03. The molecule has 0 saturated carbocycles. The van der Waals surface area contributed by atoms with E-state index in [1.807, 2.05) is 24.5 Å². The summed E-state index contributed by atoms with van der Waals surface area (Å²) in [6.07, 6.45) is 1.43. The number of carboxylic acid groups (broad SMARTS) is 1. The van der Waals surface area contributed by atoms with Crippen molar-refractivity contribution >= 4 is 34.0 Å². The molecule has 0 radical (unpaired) electrons. The Morgan fingerprint density at radius 2 is 2.06 bits per heavy atom. The number of hydrogen-bond acceptors (Lipinski definition) is 6. The van der Waals surface area contributed by atoms with Gasteiger partial charge in [-0.05, 0) is 38.5 Å². The van der Waals surface area contributed by atoms with Crippen LogP contribution in [0.4, 0.5) is 10.2 Å². The molecule has 0 fully saturated rings. The van der Waals surface area contributed by atoms with Crippen LogP contribution in [-0.4, -0.2) is 38.8 Å². The Balaban J connectivity index is 1.52. The Morgan fingerprint density at radius 1 is 1.25 bits per heavy atom. The first-order chi connectivity index (χ1) is 15.4. The monoisotopic (exact) mass is 454 g/mol. The second-order valence-corrected chi connectivity index (χ2v) is 8.37. The van der Waals surface area contributed by atoms with E-state index in [0.29, 0.717) is 47.4 Å². The largest absolute Gasteiger partial charge is 0.492 e. The van der Waals surface area contributed by atoms with Crippen molar-refractivity contribution in [3.8, 4) is 16.3 Å². The van der Waals surface area contributed by atoms with Gasteiger partial charge in [0.05, 0.1) is 22.7 Å². The number of thiophene rings is 1. The predicted molar refractivity (Wildman–Crippen MR) is 123 cm³/mol. The Morgan fingerprint density at radius 3 is 2.81 bits per heavy atom. The summed E-state index contributed by atoms with van der Waals surface area (Å²) >= 11 is 1.11. The number of fused-ring (bicyclic) bond motifs is 1. The van der Waals surface area contributed by atoms with Gasteiger partial charge in [-0.3, -0.25) is 0 Å². The lowest BCUT2D eigenvalue weighted by Crippen LogP contribution is -2.12. The first-order valence-corrected chi connectivity index (χ1v) is 11.0. The Hall–Kier alpha value is -3.46. The zero-order chi connectivity index (χ0) is 22.8. The normalized spacial score (nSPS) is 11.1. The second-order valence-electron chi connectivity index (χ2n) is 7.32. The number of nitrogens with zero attached hydrogens (tertiary/aromatic N) is 3. The van der Waals surface area contributed by atoms with Crippen molar-refractivity contribution in [1.29, 1.82) is 0 Å². The molecule has 2 N–H and O–H groups in total. The van der Waals surface area contributed by atoms with Crippen molar-refractivity contribution in [3.63, 3.8) is 0 Å². The highest BCUT2D eigenvalue weighted by Gasteiger charge is 2.18. The maximum absolute atomic E-state index is 14.5. The van der Waals surface area contributed by atoms with Gasteiger partial charge in [-0.1, -0.05) is 6.07 Å². The van der Waals surface area contributed by atoms with Crippen molar-refractivity contribution in [2.75, 3.05) is 18.5 Å². The number of aryl methyl sites for hydroxylation is 2. The molecule has 9 heteroatoms. The van der Waals surface area contributed by atoms with Gasteiger partial charge in [0.1, 0.15) is 23.7 Å². The molecule has 0 saturated heterocycles. The molecule has 0 bridgehead atoms. The van der Waals surface area contributed by atoms with Gasteiger partial charge in [0.2, 0.25) is 0 Å². The molecular weight excluding hydrogens is 431 g/mol. The number of rotatable bonds is 8. The van der Waals surface area contributed by atoms with Crippen LogP contribution >= 0.6 is 11.3 Å². The number of nitrogens with one attached hydrogen (secondary N) is 1. The van der Waals surface area contributed by atoms with E-state index in [1.54, 1.807) is 25.1 Å². The predicted octanol–water partition coefficient (Wildman–Crippen LogP) is 5.12. The molecule has 3 heterocycles. The van der Waals surface area contributed by atoms with Crippen LogP contribution in [-0.2, 0) is 6.54 Å². The molecule has 0 unspecified atom stereocenters. The fourth-order valence-electron chi connectivity index (χ4n) is 3.69. The molecule has 3 aromatic heterocycles. The summed E-state index contributed by atoms with van der Waals surface area (Å²) in [6, 6.07) is 8.74. The van der Waals surface area contributed by atoms with Gasteiger partial charge >= 0.3 is 5.97 Å². The van der Waals surface area contributed by atoms with Crippen LogP contribution < -0.4 is 10.1 Å². The van der Waals surface area contributed by atoms with E-state index in [4.69, 9.17) is 4.74 Å². The van der Waals surface area contributed by atoms with E-state index in [1.165, 1.54) is 12.4 Å². The number of carbonyl (C=O) groups is 1. The zero-order valence-corrected chi connectivity index (χ0v) is 18.8. The Labute approximate surface area is 188 Å². The summed E-state index contributed by atoms with van der Waals surface area (Å²) in [5.74, 6) is -0.335. The molecule has 1 aromatic carbocycles. The topological polar surface area (TPSA) is 89.3 Å². The zero-order valence-electron chi connectivity index (χ0n) is 18.0. The number of ether oxygens (including phenoxy) is 1. The first-order valence-electron chi connectivity index (χ1n) is 10.2. The first kappa shape index (κ1) is 21.8. The minimum absolute atomic E-state index is 0.141. The fraction of sp³-hybridized carbons (Fsp3) is 0.261. The molecule has 0 aliphatic carbocycles. The van der Waals surface area contributed by atoms with Crippen LogP contribution in [0.2, 0.25) is 0 Å². The third-order valence-corrected chi connectivity index (χ3v) is 6.31. The molecule has 0 atom stereocenters. The number of benzene rings is 1. The van der Waals surface area contributed by atoms with Crippen LogP contribution in [0, 0.1) is 19.7 Å². The van der Waals surface area contributed by atoms with Gasteiger partial charge in [0.15, 0.2) is 4.88 Å². The molecular formula is C23H23FN4O3S. The third-order valence-electron chi connectivity index (χ3n) is 5.19. The van der Waals surface area contributed by atoms with Crippen molar-refractivity contribution in [2.45, 2.75) is 27.3 Å². The molecule has 166 valence electrons. The molecule has 0 spiro atoms. The van der Waals surface area contributed by atoms with Crippen LogP contribution in [0.3, 0.4) is 0 Å². The molecule has 0 aliphatic heterocycles. The summed E-state index contributed by atoms with van der Waals surface area (Å²) in [7, 11) is 0. The highest BCUT2D eigenvalue weighted by atomic mass is 32.1. The number of hydrogen-bond donors (Lipinski definition) is 2. The number of carboxylic acids is 1. The van der Waals surface area contributed by atoms with Crippen LogP contribution in [0.5, 0.6) is 5.75 Å². The smallest absolute Gasteiger partial charge is 0.349 e. The van der Waals surface area contributed by atoms with E-state index >= 15 is 0 Å². The third kappa shape index (κ3) is 4.16. The van der Waals surface area contributed by atoms with Crippen LogP contribution in [0.25, 0.3) is 21.5 Å². The van der Waals surface area contributed by atoms with Crippen molar-refractivity contribution in [1.82, 2.24) is 14.5 Å².